The number of ether oxygens (including phenoxy) is 1. The number of thioether (sulfide) groups is 1. The normalized spacial score (nSPS) is 10.4. The van der Waals surface area contributed by atoms with E-state index < -0.39 is 0 Å². The van der Waals surface area contributed by atoms with Crippen LogP contribution in [0.5, 0.6) is 5.75 Å². The van der Waals surface area contributed by atoms with Gasteiger partial charge in [0.25, 0.3) is 0 Å². The fraction of sp³-hybridized carbons (Fsp3) is 0.286. The molecule has 4 nitrogen and oxygen atoms in total. The minimum Gasteiger partial charge on any atom is -0.497 e. The molecule has 1 heterocycles. The Morgan fingerprint density at radius 1 is 1.32 bits per heavy atom. The van der Waals surface area contributed by atoms with Crippen molar-refractivity contribution in [2.24, 2.45) is 0 Å². The average Bonchev–Trinajstić information content (AvgIpc) is 2.79. The van der Waals surface area contributed by atoms with Gasteiger partial charge in [-0.3, -0.25) is 0 Å². The van der Waals surface area contributed by atoms with Gasteiger partial charge in [0.15, 0.2) is 5.16 Å². The second-order valence-corrected chi connectivity index (χ2v) is 5.01. The van der Waals surface area contributed by atoms with Crippen molar-refractivity contribution in [2.45, 2.75) is 24.4 Å². The first-order valence-electron chi connectivity index (χ1n) is 6.01. The highest BCUT2D eigenvalue weighted by atomic mass is 32.2. The second kappa shape index (κ2) is 6.43. The molecule has 100 valence electrons. The Balaban J connectivity index is 2.03. The Kier molecular flexibility index (Phi) is 4.63. The van der Waals surface area contributed by atoms with Crippen LogP contribution in [0.4, 0.5) is 0 Å². The Morgan fingerprint density at radius 2 is 2.05 bits per heavy atom. The van der Waals surface area contributed by atoms with Gasteiger partial charge < -0.3 is 9.30 Å². The van der Waals surface area contributed by atoms with Crippen LogP contribution < -0.4 is 4.74 Å². The third-order valence-corrected chi connectivity index (χ3v) is 3.78. The maximum absolute atomic E-state index is 5.14. The fourth-order valence-electron chi connectivity index (χ4n) is 1.68. The van der Waals surface area contributed by atoms with E-state index in [1.807, 2.05) is 25.1 Å². The lowest BCUT2D eigenvalue weighted by molar-refractivity contribution is 0.414. The summed E-state index contributed by atoms with van der Waals surface area (Å²) in [5, 5.41) is 9.21. The third-order valence-electron chi connectivity index (χ3n) is 2.74. The standard InChI is InChI=1S/C14H17N3OS/c1-4-9-17-11(2)15-16-14(17)19-10-12-5-7-13(18-3)8-6-12/h4-8H,1,9-10H2,2-3H3. The number of aromatic nitrogens is 3. The van der Waals surface area contributed by atoms with Gasteiger partial charge in [-0.2, -0.15) is 0 Å². The molecule has 0 atom stereocenters. The largest absolute Gasteiger partial charge is 0.497 e. The molecule has 2 rings (SSSR count). The van der Waals surface area contributed by atoms with Crippen LogP contribution in [0.3, 0.4) is 0 Å². The number of hydrogen-bond donors (Lipinski definition) is 0. The van der Waals surface area contributed by atoms with Gasteiger partial charge >= 0.3 is 0 Å². The number of aryl methyl sites for hydroxylation is 1. The van der Waals surface area contributed by atoms with Crippen molar-refractivity contribution < 1.29 is 4.74 Å². The predicted molar refractivity (Wildman–Crippen MR) is 77.5 cm³/mol. The van der Waals surface area contributed by atoms with Crippen molar-refractivity contribution >= 4 is 11.8 Å². The molecule has 2 aromatic rings. The molecule has 0 bridgehead atoms. The molecule has 1 aromatic carbocycles. The molecular formula is C14H17N3OS. The molecule has 0 unspecified atom stereocenters. The van der Waals surface area contributed by atoms with Crippen LogP contribution in [-0.4, -0.2) is 21.9 Å². The van der Waals surface area contributed by atoms with E-state index in [1.54, 1.807) is 18.9 Å². The topological polar surface area (TPSA) is 39.9 Å². The monoisotopic (exact) mass is 275 g/mol. The van der Waals surface area contributed by atoms with E-state index in [-0.39, 0.29) is 0 Å². The molecule has 5 heteroatoms. The van der Waals surface area contributed by atoms with Gasteiger partial charge in [-0.1, -0.05) is 30.0 Å². The van der Waals surface area contributed by atoms with Crippen LogP contribution in [0.1, 0.15) is 11.4 Å². The number of nitrogens with zero attached hydrogens (tertiary/aromatic N) is 3. The molecule has 0 radical (unpaired) electrons. The number of methoxy groups -OCH3 is 1. The van der Waals surface area contributed by atoms with Crippen LogP contribution >= 0.6 is 11.8 Å². The van der Waals surface area contributed by atoms with Gasteiger partial charge in [0.2, 0.25) is 0 Å². The van der Waals surface area contributed by atoms with Crippen molar-refractivity contribution in [1.82, 2.24) is 14.8 Å². The van der Waals surface area contributed by atoms with Crippen LogP contribution in [0.15, 0.2) is 42.1 Å². The summed E-state index contributed by atoms with van der Waals surface area (Å²) in [6.07, 6.45) is 1.85. The molecule has 0 N–H and O–H groups in total. The first kappa shape index (κ1) is 13.7. The molecule has 0 saturated carbocycles. The molecule has 0 aliphatic carbocycles. The molecule has 0 aliphatic rings. The van der Waals surface area contributed by atoms with Gasteiger partial charge in [-0.15, -0.1) is 16.8 Å². The van der Waals surface area contributed by atoms with E-state index in [2.05, 4.69) is 33.5 Å². The van der Waals surface area contributed by atoms with Crippen LogP contribution in [0, 0.1) is 6.92 Å². The maximum Gasteiger partial charge on any atom is 0.191 e. The number of hydrogen-bond acceptors (Lipinski definition) is 4. The highest BCUT2D eigenvalue weighted by Crippen LogP contribution is 2.23. The second-order valence-electron chi connectivity index (χ2n) is 4.07. The number of rotatable bonds is 6. The van der Waals surface area contributed by atoms with Crippen LogP contribution in [0.2, 0.25) is 0 Å². The summed E-state index contributed by atoms with van der Waals surface area (Å²) in [5.41, 5.74) is 1.23. The van der Waals surface area contributed by atoms with Gasteiger partial charge in [-0.05, 0) is 24.6 Å². The van der Waals surface area contributed by atoms with Gasteiger partial charge in [0.1, 0.15) is 11.6 Å². The number of allylic oxidation sites excluding steroid dienone is 1. The minimum absolute atomic E-state index is 0.740. The zero-order valence-corrected chi connectivity index (χ0v) is 12.0. The summed E-state index contributed by atoms with van der Waals surface area (Å²) in [6.45, 7) is 6.45. The summed E-state index contributed by atoms with van der Waals surface area (Å²) in [4.78, 5) is 0. The van der Waals surface area contributed by atoms with Crippen LogP contribution in [0.25, 0.3) is 0 Å². The maximum atomic E-state index is 5.14. The van der Waals surface area contributed by atoms with Gasteiger partial charge in [0.05, 0.1) is 7.11 Å². The summed E-state index contributed by atoms with van der Waals surface area (Å²) in [6, 6.07) is 8.06. The zero-order chi connectivity index (χ0) is 13.7. The van der Waals surface area contributed by atoms with E-state index in [9.17, 15) is 0 Å². The van der Waals surface area contributed by atoms with Crippen molar-refractivity contribution in [3.63, 3.8) is 0 Å². The zero-order valence-electron chi connectivity index (χ0n) is 11.2. The lowest BCUT2D eigenvalue weighted by Gasteiger charge is -2.06. The SMILES string of the molecule is C=CCn1c(C)nnc1SCc1ccc(OC)cc1. The summed E-state index contributed by atoms with van der Waals surface area (Å²) >= 11 is 1.68. The minimum atomic E-state index is 0.740. The Labute approximate surface area is 117 Å². The first-order valence-corrected chi connectivity index (χ1v) is 6.99. The van der Waals surface area contributed by atoms with E-state index >= 15 is 0 Å². The molecule has 0 amide bonds. The van der Waals surface area contributed by atoms with E-state index in [1.165, 1.54) is 5.56 Å². The quantitative estimate of drug-likeness (QED) is 0.600. The molecule has 0 aliphatic heterocycles. The van der Waals surface area contributed by atoms with Gasteiger partial charge in [0, 0.05) is 12.3 Å². The lowest BCUT2D eigenvalue weighted by atomic mass is 10.2. The van der Waals surface area contributed by atoms with Crippen LogP contribution in [-0.2, 0) is 12.3 Å². The summed E-state index contributed by atoms with van der Waals surface area (Å²) < 4.78 is 7.20. The first-order chi connectivity index (χ1) is 9.24. The van der Waals surface area contributed by atoms with Gasteiger partial charge in [-0.25, -0.2) is 0 Å². The summed E-state index contributed by atoms with van der Waals surface area (Å²) in [5.74, 6) is 2.65. The molecule has 0 spiro atoms. The highest BCUT2D eigenvalue weighted by Gasteiger charge is 2.08. The molecule has 0 saturated heterocycles. The van der Waals surface area contributed by atoms with Crippen molar-refractivity contribution in [3.05, 3.63) is 48.3 Å². The molecular weight excluding hydrogens is 258 g/mol. The Bertz CT molecular complexity index is 548. The smallest absolute Gasteiger partial charge is 0.191 e. The van der Waals surface area contributed by atoms with Crippen molar-refractivity contribution in [1.29, 1.82) is 0 Å². The van der Waals surface area contributed by atoms with E-state index in [0.717, 1.165) is 29.0 Å². The Morgan fingerprint density at radius 3 is 2.68 bits per heavy atom. The fourth-order valence-corrected chi connectivity index (χ4v) is 2.63. The van der Waals surface area contributed by atoms with Crippen molar-refractivity contribution in [3.8, 4) is 5.75 Å². The highest BCUT2D eigenvalue weighted by molar-refractivity contribution is 7.98. The third kappa shape index (κ3) is 3.38. The number of benzene rings is 1. The lowest BCUT2D eigenvalue weighted by Crippen LogP contribution is -2.00. The Hall–Kier alpha value is -1.75. The van der Waals surface area contributed by atoms with Crippen molar-refractivity contribution in [2.75, 3.05) is 7.11 Å². The van der Waals surface area contributed by atoms with E-state index in [4.69, 9.17) is 4.74 Å². The summed E-state index contributed by atoms with van der Waals surface area (Å²) in [7, 11) is 1.67. The molecule has 0 fully saturated rings. The van der Waals surface area contributed by atoms with E-state index in [0.29, 0.717) is 0 Å². The average molecular weight is 275 g/mol. The predicted octanol–water partition coefficient (Wildman–Crippen LogP) is 3.07. The molecule has 1 aromatic heterocycles. The molecule has 19 heavy (non-hydrogen) atoms.